The average molecular weight is 362 g/mol. The molecule has 0 aliphatic carbocycles. The second-order valence-electron chi connectivity index (χ2n) is 2.68. The Hall–Kier alpha value is 0.350. The Morgan fingerprint density at radius 1 is 1.29 bits per heavy atom. The molecule has 1 rings (SSSR count). The van der Waals surface area contributed by atoms with E-state index in [4.69, 9.17) is 69.6 Å². The van der Waals surface area contributed by atoms with Crippen molar-refractivity contribution in [3.05, 3.63) is 0 Å². The molecule has 1 atom stereocenters. The number of nitrogens with zero attached hydrogens (tertiary/aromatic N) is 2. The van der Waals surface area contributed by atoms with Gasteiger partial charge in [0.05, 0.1) is 6.21 Å². The predicted molar refractivity (Wildman–Crippen MR) is 69.9 cm³/mol. The lowest BCUT2D eigenvalue weighted by molar-refractivity contribution is 0.101. The lowest BCUT2D eigenvalue weighted by Crippen LogP contribution is -2.43. The van der Waals surface area contributed by atoms with E-state index in [1.807, 2.05) is 0 Å². The van der Waals surface area contributed by atoms with Crippen LogP contribution in [0.5, 0.6) is 0 Å². The highest BCUT2D eigenvalue weighted by Crippen LogP contribution is 2.34. The highest BCUT2D eigenvalue weighted by atomic mass is 35.6. The van der Waals surface area contributed by atoms with E-state index in [1.54, 1.807) is 0 Å². The molecule has 1 heterocycles. The number of carbonyl (C=O) groups excluding carboxylic acids is 1. The van der Waals surface area contributed by atoms with Gasteiger partial charge in [0.15, 0.2) is 0 Å². The van der Waals surface area contributed by atoms with Gasteiger partial charge in [-0.25, -0.2) is 14.8 Å². The Morgan fingerprint density at radius 2 is 1.88 bits per heavy atom. The van der Waals surface area contributed by atoms with Gasteiger partial charge in [0.2, 0.25) is 19.8 Å². The first kappa shape index (κ1) is 15.4. The fourth-order valence-electron chi connectivity index (χ4n) is 0.732. The molecule has 0 aromatic carbocycles. The summed E-state index contributed by atoms with van der Waals surface area (Å²) in [7, 11) is 0. The van der Waals surface area contributed by atoms with Crippen LogP contribution in [0.4, 0.5) is 4.79 Å². The summed E-state index contributed by atoms with van der Waals surface area (Å²) >= 11 is 32.8. The fraction of sp³-hybridized carbons (Fsp3) is 0.500. The number of cyclic esters (lactones) is 1. The maximum Gasteiger partial charge on any atom is 0.416 e. The van der Waals surface area contributed by atoms with Crippen LogP contribution in [-0.2, 0) is 4.74 Å². The molecule has 0 aromatic rings. The van der Waals surface area contributed by atoms with E-state index in [0.29, 0.717) is 0 Å². The molecule has 1 aliphatic heterocycles. The van der Waals surface area contributed by atoms with Crippen molar-refractivity contribution in [3.63, 3.8) is 0 Å². The van der Waals surface area contributed by atoms with Crippen LogP contribution in [0.3, 0.4) is 0 Å². The molecule has 0 radical (unpaired) electrons. The molecular weight excluding hydrogens is 359 g/mol. The molecule has 0 fully saturated rings. The Balaban J connectivity index is 2.88. The molecule has 0 spiro atoms. The smallest absolute Gasteiger partial charge is 0.416 e. The number of alkyl carbamates (subject to hydrolysis) is 1. The van der Waals surface area contributed by atoms with Gasteiger partial charge in [-0.1, -0.05) is 69.6 Å². The number of ether oxygens (including phenoxy) is 1. The van der Waals surface area contributed by atoms with Crippen LogP contribution in [0.15, 0.2) is 9.98 Å². The van der Waals surface area contributed by atoms with Crippen molar-refractivity contribution in [2.24, 2.45) is 9.98 Å². The van der Waals surface area contributed by atoms with E-state index >= 15 is 0 Å². The van der Waals surface area contributed by atoms with Gasteiger partial charge in [0.1, 0.15) is 0 Å². The summed E-state index contributed by atoms with van der Waals surface area (Å²) in [5, 5.41) is 2.13. The molecule has 1 aliphatic rings. The van der Waals surface area contributed by atoms with Crippen molar-refractivity contribution in [3.8, 4) is 0 Å². The monoisotopic (exact) mass is 359 g/mol. The van der Waals surface area contributed by atoms with Gasteiger partial charge in [-0.05, 0) is 0 Å². The third kappa shape index (κ3) is 5.68. The summed E-state index contributed by atoms with van der Waals surface area (Å²) in [5.41, 5.74) is 0. The Bertz CT molecular complexity index is 371. The minimum atomic E-state index is -1.92. The first-order chi connectivity index (χ1) is 7.58. The molecule has 0 unspecified atom stereocenters. The summed E-state index contributed by atoms with van der Waals surface area (Å²) in [5.74, 6) is -0.191. The van der Waals surface area contributed by atoms with Gasteiger partial charge >= 0.3 is 6.09 Å². The molecule has 5 nitrogen and oxygen atoms in total. The van der Waals surface area contributed by atoms with Crippen LogP contribution in [0, 0.1) is 0 Å². The second kappa shape index (κ2) is 5.55. The van der Waals surface area contributed by atoms with Crippen LogP contribution in [0.2, 0.25) is 0 Å². The molecule has 0 aromatic heterocycles. The third-order valence-corrected chi connectivity index (χ3v) is 2.14. The van der Waals surface area contributed by atoms with E-state index in [-0.39, 0.29) is 5.96 Å². The van der Waals surface area contributed by atoms with Crippen LogP contribution < -0.4 is 5.32 Å². The zero-order valence-corrected chi connectivity index (χ0v) is 12.2. The number of halogens is 6. The van der Waals surface area contributed by atoms with Crippen molar-refractivity contribution in [2.45, 2.75) is 13.8 Å². The number of nitrogens with one attached hydrogen (secondary N) is 1. The first-order valence-electron chi connectivity index (χ1n) is 3.82. The standard InChI is InChI=1S/C6H3Cl6N3O2/c7-5(8,9)1-13-3-14-2(6(10,11)12)17-4(16)15-3/h1-2H,(H,14,15,16)/t2-/m1/s1. The van der Waals surface area contributed by atoms with Gasteiger partial charge in [0, 0.05) is 0 Å². The van der Waals surface area contributed by atoms with Crippen molar-refractivity contribution >= 4 is 87.9 Å². The molecule has 11 heteroatoms. The molecule has 0 saturated heterocycles. The van der Waals surface area contributed by atoms with Crippen LogP contribution in [-0.4, -0.2) is 32.1 Å². The van der Waals surface area contributed by atoms with Gasteiger partial charge < -0.3 is 4.74 Å². The normalized spacial score (nSPS) is 22.1. The highest BCUT2D eigenvalue weighted by Gasteiger charge is 2.39. The number of amides is 1. The largest absolute Gasteiger partial charge is 0.418 e. The number of alkyl halides is 6. The lowest BCUT2D eigenvalue weighted by atomic mass is 10.6. The fourth-order valence-corrected chi connectivity index (χ4v) is 1.16. The SMILES string of the molecule is O=C1NC(N=CC(Cl)(Cl)Cl)=N[C@@H](C(Cl)(Cl)Cl)O1. The number of hydrogen-bond donors (Lipinski definition) is 1. The van der Waals surface area contributed by atoms with E-state index in [2.05, 4.69) is 20.0 Å². The maximum atomic E-state index is 11.1. The quantitative estimate of drug-likeness (QED) is 0.532. The van der Waals surface area contributed by atoms with Crippen molar-refractivity contribution in [1.82, 2.24) is 5.32 Å². The zero-order valence-electron chi connectivity index (χ0n) is 7.63. The maximum absolute atomic E-state index is 11.1. The van der Waals surface area contributed by atoms with E-state index < -0.39 is 19.9 Å². The van der Waals surface area contributed by atoms with Gasteiger partial charge in [-0.15, -0.1) is 0 Å². The molecule has 96 valence electrons. The van der Waals surface area contributed by atoms with Gasteiger partial charge in [-0.3, -0.25) is 5.32 Å². The van der Waals surface area contributed by atoms with Crippen LogP contribution >= 0.6 is 69.6 Å². The Kier molecular flexibility index (Phi) is 5.03. The third-order valence-electron chi connectivity index (χ3n) is 1.29. The van der Waals surface area contributed by atoms with E-state index in [1.165, 1.54) is 0 Å². The molecule has 17 heavy (non-hydrogen) atoms. The number of rotatable bonds is 0. The van der Waals surface area contributed by atoms with E-state index in [0.717, 1.165) is 6.21 Å². The lowest BCUT2D eigenvalue weighted by Gasteiger charge is -2.24. The molecule has 0 saturated carbocycles. The zero-order chi connectivity index (χ0) is 13.3. The number of aliphatic imine (C=N–C) groups is 2. The highest BCUT2D eigenvalue weighted by molar-refractivity contribution is 6.74. The number of carbonyl (C=O) groups is 1. The number of hydrogen-bond acceptors (Lipinski definition) is 4. The second-order valence-corrected chi connectivity index (χ2v) is 7.41. The average Bonchev–Trinajstić information content (AvgIpc) is 2.11. The number of guanidine groups is 1. The van der Waals surface area contributed by atoms with Crippen molar-refractivity contribution in [1.29, 1.82) is 0 Å². The molecule has 1 amide bonds. The summed E-state index contributed by atoms with van der Waals surface area (Å²) in [6.07, 6.45) is -1.28. The minimum Gasteiger partial charge on any atom is -0.418 e. The minimum absolute atomic E-state index is 0.191. The van der Waals surface area contributed by atoms with Crippen molar-refractivity contribution < 1.29 is 9.53 Å². The van der Waals surface area contributed by atoms with Crippen molar-refractivity contribution in [2.75, 3.05) is 0 Å². The molecule has 0 bridgehead atoms. The molecular formula is C6H3Cl6N3O2. The summed E-state index contributed by atoms with van der Waals surface area (Å²) in [6, 6.07) is 0. The van der Waals surface area contributed by atoms with Gasteiger partial charge in [-0.2, -0.15) is 0 Å². The Morgan fingerprint density at radius 3 is 2.35 bits per heavy atom. The van der Waals surface area contributed by atoms with Gasteiger partial charge in [0.25, 0.3) is 0 Å². The van der Waals surface area contributed by atoms with Crippen LogP contribution in [0.1, 0.15) is 0 Å². The summed E-state index contributed by atoms with van der Waals surface area (Å²) < 4.78 is 0.953. The van der Waals surface area contributed by atoms with Crippen LogP contribution in [0.25, 0.3) is 0 Å². The Labute approximate surface area is 126 Å². The molecule has 1 N–H and O–H groups in total. The first-order valence-corrected chi connectivity index (χ1v) is 6.09. The van der Waals surface area contributed by atoms with E-state index in [9.17, 15) is 4.79 Å². The summed E-state index contributed by atoms with van der Waals surface area (Å²) in [6.45, 7) is 0. The predicted octanol–water partition coefficient (Wildman–Crippen LogP) is 3.22. The topological polar surface area (TPSA) is 63.0 Å². The summed E-state index contributed by atoms with van der Waals surface area (Å²) in [4.78, 5) is 18.4.